The number of benzene rings is 1. The van der Waals surface area contributed by atoms with Crippen LogP contribution in [0.2, 0.25) is 0 Å². The summed E-state index contributed by atoms with van der Waals surface area (Å²) in [4.78, 5) is 4.45. The van der Waals surface area contributed by atoms with Gasteiger partial charge in [0.15, 0.2) is 0 Å². The topological polar surface area (TPSA) is 29.9 Å². The Morgan fingerprint density at radius 2 is 2.22 bits per heavy atom. The molecule has 0 amide bonds. The summed E-state index contributed by atoms with van der Waals surface area (Å²) >= 11 is 0. The Bertz CT molecular complexity index is 513. The van der Waals surface area contributed by atoms with Crippen molar-refractivity contribution in [3.63, 3.8) is 0 Å². The normalized spacial score (nSPS) is 17.8. The van der Waals surface area contributed by atoms with E-state index in [1.54, 1.807) is 0 Å². The van der Waals surface area contributed by atoms with Gasteiger partial charge in [-0.2, -0.15) is 0 Å². The summed E-state index contributed by atoms with van der Waals surface area (Å²) in [5.41, 5.74) is 2.34. The minimum absolute atomic E-state index is 0.563. The van der Waals surface area contributed by atoms with Crippen LogP contribution in [0, 0.1) is 5.92 Å². The molecular formula is C15H21N3. The van der Waals surface area contributed by atoms with Gasteiger partial charge < -0.3 is 9.88 Å². The Labute approximate surface area is 108 Å². The molecule has 0 saturated heterocycles. The van der Waals surface area contributed by atoms with Crippen LogP contribution in [0.25, 0.3) is 11.0 Å². The number of nitrogens with one attached hydrogen (secondary N) is 1. The number of rotatable bonds is 5. The summed E-state index contributed by atoms with van der Waals surface area (Å²) in [6.45, 7) is 1.02. The van der Waals surface area contributed by atoms with Crippen LogP contribution in [0.1, 0.15) is 25.7 Å². The van der Waals surface area contributed by atoms with E-state index in [0.717, 1.165) is 18.0 Å². The first-order valence-electron chi connectivity index (χ1n) is 6.94. The predicted octanol–water partition coefficient (Wildman–Crippen LogP) is 2.81. The van der Waals surface area contributed by atoms with Crippen molar-refractivity contribution in [2.24, 2.45) is 5.92 Å². The van der Waals surface area contributed by atoms with E-state index in [1.807, 2.05) is 12.4 Å². The van der Waals surface area contributed by atoms with Gasteiger partial charge in [-0.25, -0.2) is 4.98 Å². The lowest BCUT2D eigenvalue weighted by atomic mass is 9.81. The number of nitrogens with zero attached hydrogens (tertiary/aromatic N) is 2. The van der Waals surface area contributed by atoms with Crippen LogP contribution in [0.3, 0.4) is 0 Å². The van der Waals surface area contributed by atoms with Gasteiger partial charge in [-0.3, -0.25) is 0 Å². The van der Waals surface area contributed by atoms with E-state index in [2.05, 4.69) is 40.1 Å². The van der Waals surface area contributed by atoms with Crippen molar-refractivity contribution >= 4 is 11.0 Å². The molecule has 3 rings (SSSR count). The molecule has 1 atom stereocenters. The fraction of sp³-hybridized carbons (Fsp3) is 0.533. The summed E-state index contributed by atoms with van der Waals surface area (Å²) in [6, 6.07) is 8.92. The molecule has 1 unspecified atom stereocenters. The molecule has 1 saturated carbocycles. The summed E-state index contributed by atoms with van der Waals surface area (Å²) < 4.78 is 2.27. The number of likely N-dealkylation sites (N-methyl/N-ethyl adjacent to an activating group) is 1. The highest BCUT2D eigenvalue weighted by Crippen LogP contribution is 2.30. The van der Waals surface area contributed by atoms with Crippen LogP contribution < -0.4 is 5.32 Å². The van der Waals surface area contributed by atoms with Gasteiger partial charge in [0.2, 0.25) is 0 Å². The van der Waals surface area contributed by atoms with Gasteiger partial charge in [0.05, 0.1) is 17.4 Å². The van der Waals surface area contributed by atoms with E-state index in [4.69, 9.17) is 0 Å². The molecule has 2 aromatic rings. The highest BCUT2D eigenvalue weighted by molar-refractivity contribution is 5.74. The molecule has 1 fully saturated rings. The monoisotopic (exact) mass is 243 g/mol. The van der Waals surface area contributed by atoms with Gasteiger partial charge >= 0.3 is 0 Å². The van der Waals surface area contributed by atoms with E-state index in [9.17, 15) is 0 Å². The number of para-hydroxylation sites is 2. The lowest BCUT2D eigenvalue weighted by Gasteiger charge is -2.29. The first-order chi connectivity index (χ1) is 8.86. The summed E-state index contributed by atoms with van der Waals surface area (Å²) in [5.74, 6) is 0.942. The van der Waals surface area contributed by atoms with Crippen molar-refractivity contribution in [3.05, 3.63) is 30.6 Å². The van der Waals surface area contributed by atoms with Crippen LogP contribution in [0.5, 0.6) is 0 Å². The Morgan fingerprint density at radius 1 is 1.39 bits per heavy atom. The van der Waals surface area contributed by atoms with Gasteiger partial charge in [-0.15, -0.1) is 0 Å². The van der Waals surface area contributed by atoms with Gasteiger partial charge in [-0.05, 0) is 31.5 Å². The van der Waals surface area contributed by atoms with Crippen LogP contribution in [0.15, 0.2) is 30.6 Å². The number of aromatic nitrogens is 2. The smallest absolute Gasteiger partial charge is 0.0958 e. The van der Waals surface area contributed by atoms with E-state index >= 15 is 0 Å². The zero-order valence-electron chi connectivity index (χ0n) is 11.0. The lowest BCUT2D eigenvalue weighted by Crippen LogP contribution is -2.33. The molecule has 0 bridgehead atoms. The molecule has 0 spiro atoms. The molecule has 0 aliphatic heterocycles. The lowest BCUT2D eigenvalue weighted by molar-refractivity contribution is 0.254. The number of fused-ring (bicyclic) bond motifs is 1. The average Bonchev–Trinajstić information content (AvgIpc) is 2.75. The van der Waals surface area contributed by atoms with Gasteiger partial charge in [-0.1, -0.05) is 31.4 Å². The molecule has 1 heterocycles. The van der Waals surface area contributed by atoms with Crippen molar-refractivity contribution in [2.75, 3.05) is 7.05 Å². The van der Waals surface area contributed by atoms with E-state index in [-0.39, 0.29) is 0 Å². The van der Waals surface area contributed by atoms with Crippen LogP contribution in [-0.2, 0) is 6.54 Å². The second-order valence-corrected chi connectivity index (χ2v) is 5.40. The highest BCUT2D eigenvalue weighted by atomic mass is 15.1. The van der Waals surface area contributed by atoms with Crippen LogP contribution >= 0.6 is 0 Å². The minimum Gasteiger partial charge on any atom is -0.329 e. The number of hydrogen-bond acceptors (Lipinski definition) is 2. The molecule has 3 heteroatoms. The molecule has 1 aromatic heterocycles. The second-order valence-electron chi connectivity index (χ2n) is 5.40. The summed E-state index contributed by atoms with van der Waals surface area (Å²) in [5, 5.41) is 3.46. The van der Waals surface area contributed by atoms with Gasteiger partial charge in [0, 0.05) is 12.6 Å². The quantitative estimate of drug-likeness (QED) is 0.875. The highest BCUT2D eigenvalue weighted by Gasteiger charge is 2.21. The van der Waals surface area contributed by atoms with Crippen molar-refractivity contribution in [3.8, 4) is 0 Å². The number of imidazole rings is 1. The first kappa shape index (κ1) is 11.7. The Kier molecular flexibility index (Phi) is 3.33. The van der Waals surface area contributed by atoms with Crippen LogP contribution in [-0.4, -0.2) is 22.6 Å². The summed E-state index contributed by atoms with van der Waals surface area (Å²) in [7, 11) is 2.07. The zero-order valence-corrected chi connectivity index (χ0v) is 11.0. The molecule has 1 aliphatic rings. The Balaban J connectivity index is 1.73. The third kappa shape index (κ3) is 2.27. The van der Waals surface area contributed by atoms with E-state index in [1.165, 1.54) is 31.2 Å². The molecule has 1 N–H and O–H groups in total. The standard InChI is InChI=1S/C15H21N3/c1-16-13(9-12-5-4-6-12)10-18-11-17-14-7-2-3-8-15(14)18/h2-3,7-8,11-13,16H,4-6,9-10H2,1H3. The fourth-order valence-corrected chi connectivity index (χ4v) is 2.81. The molecule has 1 aromatic carbocycles. The SMILES string of the molecule is CNC(CC1CCC1)Cn1cnc2ccccc21. The second kappa shape index (κ2) is 5.11. The maximum Gasteiger partial charge on any atom is 0.0958 e. The van der Waals surface area contributed by atoms with Crippen LogP contribution in [0.4, 0.5) is 0 Å². The fourth-order valence-electron chi connectivity index (χ4n) is 2.81. The molecule has 0 radical (unpaired) electrons. The molecule has 3 nitrogen and oxygen atoms in total. The average molecular weight is 243 g/mol. The van der Waals surface area contributed by atoms with Crippen molar-refractivity contribution in [2.45, 2.75) is 38.3 Å². The largest absolute Gasteiger partial charge is 0.329 e. The summed E-state index contributed by atoms with van der Waals surface area (Å²) in [6.07, 6.45) is 7.53. The molecule has 1 aliphatic carbocycles. The van der Waals surface area contributed by atoms with Crippen molar-refractivity contribution in [1.82, 2.24) is 14.9 Å². The van der Waals surface area contributed by atoms with Crippen molar-refractivity contribution < 1.29 is 0 Å². The Hall–Kier alpha value is -1.35. The Morgan fingerprint density at radius 3 is 2.94 bits per heavy atom. The van der Waals surface area contributed by atoms with Gasteiger partial charge in [0.25, 0.3) is 0 Å². The predicted molar refractivity (Wildman–Crippen MR) is 74.5 cm³/mol. The zero-order chi connectivity index (χ0) is 12.4. The third-order valence-corrected chi connectivity index (χ3v) is 4.20. The van der Waals surface area contributed by atoms with E-state index < -0.39 is 0 Å². The van der Waals surface area contributed by atoms with E-state index in [0.29, 0.717) is 6.04 Å². The maximum atomic E-state index is 4.45. The molecule has 18 heavy (non-hydrogen) atoms. The number of hydrogen-bond donors (Lipinski definition) is 1. The van der Waals surface area contributed by atoms with Gasteiger partial charge in [0.1, 0.15) is 0 Å². The maximum absolute atomic E-state index is 4.45. The third-order valence-electron chi connectivity index (χ3n) is 4.20. The van der Waals surface area contributed by atoms with Crippen molar-refractivity contribution in [1.29, 1.82) is 0 Å². The molecular weight excluding hydrogens is 222 g/mol. The minimum atomic E-state index is 0.563. The molecule has 96 valence electrons. The first-order valence-corrected chi connectivity index (χ1v) is 6.94.